The molecule has 1 heterocycles. The van der Waals surface area contributed by atoms with E-state index in [0.29, 0.717) is 5.56 Å². The monoisotopic (exact) mass is 254 g/mol. The average molecular weight is 254 g/mol. The van der Waals surface area contributed by atoms with Crippen molar-refractivity contribution < 1.29 is 9.18 Å². The zero-order valence-electron chi connectivity index (χ0n) is 10.3. The molecule has 3 nitrogen and oxygen atoms in total. The van der Waals surface area contributed by atoms with Crippen LogP contribution in [0.25, 0.3) is 0 Å². The molecule has 0 spiro atoms. The van der Waals surface area contributed by atoms with Crippen LogP contribution in [0.2, 0.25) is 0 Å². The summed E-state index contributed by atoms with van der Waals surface area (Å²) in [4.78, 5) is 16.1. The summed E-state index contributed by atoms with van der Waals surface area (Å²) < 4.78 is 13.7. The SMILES string of the molecule is Cc1ccc(F)c(C(=O)C(C#N)c2ccncc2)c1. The number of carbonyl (C=O) groups excluding carboxylic acids is 1. The van der Waals surface area contributed by atoms with Crippen molar-refractivity contribution >= 4 is 5.78 Å². The van der Waals surface area contributed by atoms with E-state index in [-0.39, 0.29) is 5.56 Å². The van der Waals surface area contributed by atoms with Gasteiger partial charge in [-0.3, -0.25) is 9.78 Å². The summed E-state index contributed by atoms with van der Waals surface area (Å²) in [5.74, 6) is -2.15. The van der Waals surface area contributed by atoms with Crippen LogP contribution in [0.4, 0.5) is 4.39 Å². The van der Waals surface area contributed by atoms with E-state index in [4.69, 9.17) is 5.26 Å². The lowest BCUT2D eigenvalue weighted by Crippen LogP contribution is -2.13. The molecular weight excluding hydrogens is 243 g/mol. The molecule has 2 aromatic rings. The highest BCUT2D eigenvalue weighted by molar-refractivity contribution is 6.03. The maximum absolute atomic E-state index is 13.7. The molecule has 0 amide bonds. The van der Waals surface area contributed by atoms with E-state index < -0.39 is 17.5 Å². The summed E-state index contributed by atoms with van der Waals surface area (Å²) >= 11 is 0. The Bertz CT molecular complexity index is 647. The van der Waals surface area contributed by atoms with Crippen LogP contribution in [0, 0.1) is 24.1 Å². The zero-order valence-corrected chi connectivity index (χ0v) is 10.3. The fourth-order valence-corrected chi connectivity index (χ4v) is 1.82. The lowest BCUT2D eigenvalue weighted by Gasteiger charge is -2.09. The van der Waals surface area contributed by atoms with Crippen molar-refractivity contribution in [2.24, 2.45) is 0 Å². The molecule has 2 rings (SSSR count). The second kappa shape index (κ2) is 5.40. The Kier molecular flexibility index (Phi) is 3.67. The van der Waals surface area contributed by atoms with Crippen LogP contribution < -0.4 is 0 Å². The van der Waals surface area contributed by atoms with Crippen molar-refractivity contribution in [1.29, 1.82) is 5.26 Å². The van der Waals surface area contributed by atoms with Gasteiger partial charge in [-0.25, -0.2) is 4.39 Å². The van der Waals surface area contributed by atoms with Crippen molar-refractivity contribution in [3.8, 4) is 6.07 Å². The summed E-state index contributed by atoms with van der Waals surface area (Å²) in [5.41, 5.74) is 1.24. The van der Waals surface area contributed by atoms with Crippen LogP contribution in [0.15, 0.2) is 42.7 Å². The Morgan fingerprint density at radius 1 is 1.32 bits per heavy atom. The molecule has 1 aromatic carbocycles. The zero-order chi connectivity index (χ0) is 13.8. The quantitative estimate of drug-likeness (QED) is 0.791. The van der Waals surface area contributed by atoms with Gasteiger partial charge in [-0.05, 0) is 36.8 Å². The molecule has 19 heavy (non-hydrogen) atoms. The van der Waals surface area contributed by atoms with Crippen LogP contribution in [0.3, 0.4) is 0 Å². The van der Waals surface area contributed by atoms with E-state index in [1.165, 1.54) is 24.5 Å². The molecular formula is C15H11FN2O. The predicted octanol–water partition coefficient (Wildman–Crippen LogP) is 3.02. The second-order valence-electron chi connectivity index (χ2n) is 4.19. The van der Waals surface area contributed by atoms with E-state index in [1.807, 2.05) is 6.07 Å². The van der Waals surface area contributed by atoms with Gasteiger partial charge in [-0.1, -0.05) is 11.6 Å². The number of benzene rings is 1. The predicted molar refractivity (Wildman–Crippen MR) is 68.1 cm³/mol. The van der Waals surface area contributed by atoms with Gasteiger partial charge in [-0.2, -0.15) is 5.26 Å². The largest absolute Gasteiger partial charge is 0.292 e. The number of pyridine rings is 1. The van der Waals surface area contributed by atoms with Crippen molar-refractivity contribution in [3.05, 3.63) is 65.2 Å². The second-order valence-corrected chi connectivity index (χ2v) is 4.19. The highest BCUT2D eigenvalue weighted by Gasteiger charge is 2.24. The normalized spacial score (nSPS) is 11.6. The maximum Gasteiger partial charge on any atom is 0.187 e. The molecule has 0 saturated heterocycles. The molecule has 0 aliphatic carbocycles. The first-order valence-corrected chi connectivity index (χ1v) is 5.73. The Hall–Kier alpha value is -2.54. The molecule has 94 valence electrons. The first kappa shape index (κ1) is 12.9. The lowest BCUT2D eigenvalue weighted by molar-refractivity contribution is 0.0975. The van der Waals surface area contributed by atoms with E-state index in [9.17, 15) is 9.18 Å². The van der Waals surface area contributed by atoms with Gasteiger partial charge in [0, 0.05) is 12.4 Å². The number of aromatic nitrogens is 1. The lowest BCUT2D eigenvalue weighted by atomic mass is 9.91. The molecule has 1 aromatic heterocycles. The van der Waals surface area contributed by atoms with Crippen LogP contribution in [0.1, 0.15) is 27.4 Å². The molecule has 0 N–H and O–H groups in total. The minimum Gasteiger partial charge on any atom is -0.292 e. The van der Waals surface area contributed by atoms with Crippen molar-refractivity contribution in [3.63, 3.8) is 0 Å². The van der Waals surface area contributed by atoms with Gasteiger partial charge >= 0.3 is 0 Å². The highest BCUT2D eigenvalue weighted by atomic mass is 19.1. The van der Waals surface area contributed by atoms with E-state index in [2.05, 4.69) is 4.98 Å². The summed E-state index contributed by atoms with van der Waals surface area (Å²) in [7, 11) is 0. The topological polar surface area (TPSA) is 53.8 Å². The molecule has 1 atom stereocenters. The molecule has 0 aliphatic rings. The number of halogens is 1. The number of rotatable bonds is 3. The number of hydrogen-bond donors (Lipinski definition) is 0. The molecule has 0 radical (unpaired) electrons. The van der Waals surface area contributed by atoms with Crippen LogP contribution in [0.5, 0.6) is 0 Å². The van der Waals surface area contributed by atoms with Gasteiger partial charge in [0.2, 0.25) is 0 Å². The molecule has 1 unspecified atom stereocenters. The first-order chi connectivity index (χ1) is 9.13. The van der Waals surface area contributed by atoms with Gasteiger partial charge in [0.15, 0.2) is 5.78 Å². The van der Waals surface area contributed by atoms with Gasteiger partial charge in [0.1, 0.15) is 11.7 Å². The van der Waals surface area contributed by atoms with Crippen molar-refractivity contribution in [2.45, 2.75) is 12.8 Å². The van der Waals surface area contributed by atoms with Gasteiger partial charge in [0.25, 0.3) is 0 Å². The summed E-state index contributed by atoms with van der Waals surface area (Å²) in [6.07, 6.45) is 3.00. The number of hydrogen-bond acceptors (Lipinski definition) is 3. The first-order valence-electron chi connectivity index (χ1n) is 5.73. The molecule has 0 bridgehead atoms. The van der Waals surface area contributed by atoms with Crippen molar-refractivity contribution in [2.75, 3.05) is 0 Å². The molecule has 4 heteroatoms. The van der Waals surface area contributed by atoms with E-state index in [1.54, 1.807) is 25.1 Å². The maximum atomic E-state index is 13.7. The Morgan fingerprint density at radius 3 is 2.63 bits per heavy atom. The highest BCUT2D eigenvalue weighted by Crippen LogP contribution is 2.22. The Balaban J connectivity index is 2.43. The molecule has 0 saturated carbocycles. The van der Waals surface area contributed by atoms with E-state index >= 15 is 0 Å². The average Bonchev–Trinajstić information content (AvgIpc) is 2.43. The minimum atomic E-state index is -1.01. The third kappa shape index (κ3) is 2.66. The van der Waals surface area contributed by atoms with Gasteiger partial charge in [-0.15, -0.1) is 0 Å². The molecule has 0 fully saturated rings. The molecule has 0 aliphatic heterocycles. The Labute approximate surface area is 110 Å². The smallest absolute Gasteiger partial charge is 0.187 e. The Morgan fingerprint density at radius 2 is 2.00 bits per heavy atom. The fourth-order valence-electron chi connectivity index (χ4n) is 1.82. The number of ketones is 1. The minimum absolute atomic E-state index is 0.0524. The summed E-state index contributed by atoms with van der Waals surface area (Å²) in [6.45, 7) is 1.77. The number of nitrogens with zero attached hydrogens (tertiary/aromatic N) is 2. The van der Waals surface area contributed by atoms with Crippen molar-refractivity contribution in [1.82, 2.24) is 4.98 Å². The van der Waals surface area contributed by atoms with Crippen LogP contribution in [-0.4, -0.2) is 10.8 Å². The van der Waals surface area contributed by atoms with Crippen LogP contribution in [-0.2, 0) is 0 Å². The standard InChI is InChI=1S/C15H11FN2O/c1-10-2-3-14(16)12(8-10)15(19)13(9-17)11-4-6-18-7-5-11/h2-8,13H,1H3. The number of aryl methyl sites for hydroxylation is 1. The third-order valence-corrected chi connectivity index (χ3v) is 2.82. The van der Waals surface area contributed by atoms with Gasteiger partial charge in [0.05, 0.1) is 11.6 Å². The van der Waals surface area contributed by atoms with Crippen LogP contribution >= 0.6 is 0 Å². The van der Waals surface area contributed by atoms with E-state index in [0.717, 1.165) is 5.56 Å². The summed E-state index contributed by atoms with van der Waals surface area (Å²) in [5, 5.41) is 9.16. The summed E-state index contributed by atoms with van der Waals surface area (Å²) in [6, 6.07) is 9.37. The van der Waals surface area contributed by atoms with Gasteiger partial charge < -0.3 is 0 Å². The fraction of sp³-hybridized carbons (Fsp3) is 0.133. The number of carbonyl (C=O) groups is 1. The third-order valence-electron chi connectivity index (χ3n) is 2.82. The number of nitriles is 1. The number of Topliss-reactive ketones (excluding diaryl/α,β-unsaturated/α-hetero) is 1.